The van der Waals surface area contributed by atoms with Crippen LogP contribution in [0.25, 0.3) is 10.9 Å². The topological polar surface area (TPSA) is 60.9 Å². The zero-order valence-electron chi connectivity index (χ0n) is 21.7. The first-order valence-corrected chi connectivity index (χ1v) is 13.2. The van der Waals surface area contributed by atoms with Gasteiger partial charge in [-0.25, -0.2) is 4.98 Å². The molecule has 1 aliphatic rings. The van der Waals surface area contributed by atoms with Crippen LogP contribution in [0.2, 0.25) is 0 Å². The van der Waals surface area contributed by atoms with Gasteiger partial charge in [-0.3, -0.25) is 4.79 Å². The van der Waals surface area contributed by atoms with Gasteiger partial charge in [0.25, 0.3) is 0 Å². The predicted molar refractivity (Wildman–Crippen MR) is 141 cm³/mol. The minimum Gasteiger partial charge on any atom is -0.492 e. The van der Waals surface area contributed by atoms with Crippen molar-refractivity contribution in [3.05, 3.63) is 42.0 Å². The fourth-order valence-electron chi connectivity index (χ4n) is 5.01. The molecule has 1 saturated carbocycles. The molecule has 0 saturated heterocycles. The quantitative estimate of drug-likeness (QED) is 0.168. The number of ether oxygens (including phenoxy) is 3. The fraction of sp³-hybridized carbons (Fsp3) is 0.586. The molecule has 1 heterocycles. The van der Waals surface area contributed by atoms with Gasteiger partial charge in [0.1, 0.15) is 5.75 Å². The molecule has 35 heavy (non-hydrogen) atoms. The van der Waals surface area contributed by atoms with Gasteiger partial charge in [0.15, 0.2) is 0 Å². The van der Waals surface area contributed by atoms with Crippen molar-refractivity contribution in [2.45, 2.75) is 70.8 Å². The van der Waals surface area contributed by atoms with Crippen LogP contribution in [0, 0.1) is 5.92 Å². The molecule has 1 amide bonds. The Kier molecular flexibility index (Phi) is 11.4. The first kappa shape index (κ1) is 27.0. The van der Waals surface area contributed by atoms with Crippen LogP contribution in [-0.4, -0.2) is 56.3 Å². The SMILES string of the molecule is CCCCN(C=O)CCCOc1c(C/C=C/CCC2CCC[C@H]2OC)c(OC)nc2ccccc12. The summed E-state index contributed by atoms with van der Waals surface area (Å²) in [6.07, 6.45) is 15.4. The summed E-state index contributed by atoms with van der Waals surface area (Å²) < 4.78 is 17.7. The molecule has 2 aromatic rings. The molecule has 192 valence electrons. The van der Waals surface area contributed by atoms with E-state index in [2.05, 4.69) is 19.1 Å². The Balaban J connectivity index is 1.67. The van der Waals surface area contributed by atoms with Gasteiger partial charge in [-0.15, -0.1) is 0 Å². The third kappa shape index (κ3) is 7.69. The summed E-state index contributed by atoms with van der Waals surface area (Å²) in [4.78, 5) is 17.9. The maximum atomic E-state index is 11.3. The summed E-state index contributed by atoms with van der Waals surface area (Å²) >= 11 is 0. The number of hydrogen-bond acceptors (Lipinski definition) is 5. The lowest BCUT2D eigenvalue weighted by molar-refractivity contribution is -0.118. The van der Waals surface area contributed by atoms with Crippen molar-refractivity contribution in [3.63, 3.8) is 0 Å². The molecule has 0 bridgehead atoms. The lowest BCUT2D eigenvalue weighted by Gasteiger charge is -2.19. The van der Waals surface area contributed by atoms with E-state index in [1.807, 2.05) is 36.3 Å². The number of unbranched alkanes of at least 4 members (excludes halogenated alkanes) is 1. The Bertz CT molecular complexity index is 946. The van der Waals surface area contributed by atoms with Gasteiger partial charge in [0, 0.05) is 25.6 Å². The van der Waals surface area contributed by atoms with E-state index in [4.69, 9.17) is 19.2 Å². The average molecular weight is 483 g/mol. The summed E-state index contributed by atoms with van der Waals surface area (Å²) in [6.45, 7) is 4.16. The van der Waals surface area contributed by atoms with Gasteiger partial charge in [-0.1, -0.05) is 44.1 Å². The van der Waals surface area contributed by atoms with E-state index < -0.39 is 0 Å². The maximum absolute atomic E-state index is 11.3. The Hall–Kier alpha value is -2.60. The van der Waals surface area contributed by atoms with E-state index >= 15 is 0 Å². The molecule has 1 aliphatic carbocycles. The normalized spacial score (nSPS) is 17.8. The van der Waals surface area contributed by atoms with Crippen LogP contribution in [0.5, 0.6) is 11.6 Å². The molecule has 0 aliphatic heterocycles. The number of carbonyl (C=O) groups is 1. The summed E-state index contributed by atoms with van der Waals surface area (Å²) in [5.74, 6) is 2.11. The van der Waals surface area contributed by atoms with Crippen LogP contribution in [0.3, 0.4) is 0 Å². The van der Waals surface area contributed by atoms with Gasteiger partial charge in [-0.2, -0.15) is 0 Å². The summed E-state index contributed by atoms with van der Waals surface area (Å²) in [6, 6.07) is 8.02. The average Bonchev–Trinajstić information content (AvgIpc) is 3.35. The third-order valence-electron chi connectivity index (χ3n) is 6.97. The van der Waals surface area contributed by atoms with Crippen LogP contribution in [0.1, 0.15) is 63.9 Å². The van der Waals surface area contributed by atoms with Crippen molar-refractivity contribution in [3.8, 4) is 11.6 Å². The minimum absolute atomic E-state index is 0.422. The van der Waals surface area contributed by atoms with E-state index in [1.54, 1.807) is 7.11 Å². The van der Waals surface area contributed by atoms with E-state index in [0.29, 0.717) is 37.5 Å². The first-order chi connectivity index (χ1) is 17.2. The van der Waals surface area contributed by atoms with Gasteiger partial charge in [0.05, 0.1) is 30.9 Å². The predicted octanol–water partition coefficient (Wildman–Crippen LogP) is 5.96. The number of benzene rings is 1. The van der Waals surface area contributed by atoms with E-state index in [0.717, 1.165) is 67.3 Å². The molecule has 1 aromatic heterocycles. The van der Waals surface area contributed by atoms with Crippen molar-refractivity contribution in [2.24, 2.45) is 5.92 Å². The third-order valence-corrected chi connectivity index (χ3v) is 6.97. The number of para-hydroxylation sites is 1. The van der Waals surface area contributed by atoms with Crippen LogP contribution in [-0.2, 0) is 16.0 Å². The van der Waals surface area contributed by atoms with E-state index in [9.17, 15) is 4.79 Å². The lowest BCUT2D eigenvalue weighted by atomic mass is 9.99. The summed E-state index contributed by atoms with van der Waals surface area (Å²) in [5.41, 5.74) is 1.83. The number of carbonyl (C=O) groups excluding carboxylic acids is 1. The van der Waals surface area contributed by atoms with Gasteiger partial charge >= 0.3 is 0 Å². The number of allylic oxidation sites excluding steroid dienone is 2. The molecule has 0 radical (unpaired) electrons. The van der Waals surface area contributed by atoms with Crippen molar-refractivity contribution in [1.82, 2.24) is 9.88 Å². The van der Waals surface area contributed by atoms with E-state index in [1.165, 1.54) is 19.3 Å². The van der Waals surface area contributed by atoms with Crippen molar-refractivity contribution in [1.29, 1.82) is 0 Å². The standard InChI is InChI=1S/C29H42N2O4/c1-4-5-19-31(22-32)20-12-21-35-28-24-15-9-10-17-26(24)30-29(34-3)25(28)16-8-6-7-13-23-14-11-18-27(23)33-2/h6,8-10,15,17,22-23,27H,4-5,7,11-14,16,18-21H2,1-3H3/b8-6+/t23?,27-/m1/s1. The number of rotatable bonds is 16. The van der Waals surface area contributed by atoms with Gasteiger partial charge < -0.3 is 19.1 Å². The number of methoxy groups -OCH3 is 2. The minimum atomic E-state index is 0.422. The van der Waals surface area contributed by atoms with Crippen molar-refractivity contribution in [2.75, 3.05) is 33.9 Å². The highest BCUT2D eigenvalue weighted by Gasteiger charge is 2.26. The second kappa shape index (κ2) is 14.7. The maximum Gasteiger partial charge on any atom is 0.220 e. The van der Waals surface area contributed by atoms with Crippen LogP contribution < -0.4 is 9.47 Å². The molecular weight excluding hydrogens is 440 g/mol. The highest BCUT2D eigenvalue weighted by atomic mass is 16.5. The molecule has 0 spiro atoms. The van der Waals surface area contributed by atoms with Crippen molar-refractivity contribution >= 4 is 17.3 Å². The highest BCUT2D eigenvalue weighted by molar-refractivity contribution is 5.87. The number of aromatic nitrogens is 1. The number of fused-ring (bicyclic) bond motifs is 1. The molecule has 0 N–H and O–H groups in total. The smallest absolute Gasteiger partial charge is 0.220 e. The summed E-state index contributed by atoms with van der Waals surface area (Å²) in [5, 5.41) is 0.990. The largest absolute Gasteiger partial charge is 0.492 e. The molecule has 6 nitrogen and oxygen atoms in total. The monoisotopic (exact) mass is 482 g/mol. The number of hydrogen-bond donors (Lipinski definition) is 0. The zero-order valence-corrected chi connectivity index (χ0v) is 21.7. The summed E-state index contributed by atoms with van der Waals surface area (Å²) in [7, 11) is 3.50. The Morgan fingerprint density at radius 1 is 1.11 bits per heavy atom. The second-order valence-electron chi connectivity index (χ2n) is 9.36. The van der Waals surface area contributed by atoms with Gasteiger partial charge in [-0.05, 0) is 63.0 Å². The molecule has 1 fully saturated rings. The number of pyridine rings is 1. The number of nitrogens with zero attached hydrogens (tertiary/aromatic N) is 2. The van der Waals surface area contributed by atoms with Crippen LogP contribution in [0.4, 0.5) is 0 Å². The Labute approximate surface area is 210 Å². The zero-order chi connectivity index (χ0) is 24.9. The molecular formula is C29H42N2O4. The molecule has 1 aromatic carbocycles. The lowest BCUT2D eigenvalue weighted by Crippen LogP contribution is -2.25. The molecule has 6 heteroatoms. The Morgan fingerprint density at radius 3 is 2.71 bits per heavy atom. The van der Waals surface area contributed by atoms with Crippen LogP contribution >= 0.6 is 0 Å². The fourth-order valence-corrected chi connectivity index (χ4v) is 5.01. The molecule has 3 rings (SSSR count). The molecule has 1 unspecified atom stereocenters. The molecule has 2 atom stereocenters. The van der Waals surface area contributed by atoms with E-state index in [-0.39, 0.29) is 0 Å². The Morgan fingerprint density at radius 2 is 1.94 bits per heavy atom. The first-order valence-electron chi connectivity index (χ1n) is 13.2. The number of amides is 1. The van der Waals surface area contributed by atoms with Crippen molar-refractivity contribution < 1.29 is 19.0 Å². The van der Waals surface area contributed by atoms with Gasteiger partial charge in [0.2, 0.25) is 12.3 Å². The second-order valence-corrected chi connectivity index (χ2v) is 9.36. The van der Waals surface area contributed by atoms with Crippen LogP contribution in [0.15, 0.2) is 36.4 Å². The highest BCUT2D eigenvalue weighted by Crippen LogP contribution is 2.36.